The molecular formula is C36H53N3O6. The molecule has 0 bridgehead atoms. The lowest BCUT2D eigenvalue weighted by Crippen LogP contribution is -2.60. The summed E-state index contributed by atoms with van der Waals surface area (Å²) in [5.41, 5.74) is -0.0484. The van der Waals surface area contributed by atoms with Gasteiger partial charge in [-0.25, -0.2) is 9.59 Å². The Morgan fingerprint density at radius 1 is 0.756 bits per heavy atom. The zero-order valence-corrected chi connectivity index (χ0v) is 29.1. The monoisotopic (exact) mass is 623 g/mol. The highest BCUT2D eigenvalue weighted by Crippen LogP contribution is 2.31. The van der Waals surface area contributed by atoms with Crippen molar-refractivity contribution >= 4 is 23.9 Å². The molecule has 2 aromatic carbocycles. The Morgan fingerprint density at radius 3 is 1.76 bits per heavy atom. The van der Waals surface area contributed by atoms with E-state index in [1.807, 2.05) is 84.0 Å². The first-order chi connectivity index (χ1) is 20.6. The molecule has 0 aliphatic rings. The number of benzene rings is 2. The zero-order chi connectivity index (χ0) is 34.3. The second kappa shape index (κ2) is 14.9. The average Bonchev–Trinajstić information content (AvgIpc) is 2.88. The molecule has 9 nitrogen and oxygen atoms in total. The molecule has 2 rings (SSSR count). The summed E-state index contributed by atoms with van der Waals surface area (Å²) >= 11 is 0. The van der Waals surface area contributed by atoms with Gasteiger partial charge >= 0.3 is 12.1 Å². The van der Waals surface area contributed by atoms with Crippen LogP contribution in [0.4, 0.5) is 4.79 Å². The number of nitrogens with zero attached hydrogens (tertiary/aromatic N) is 1. The minimum Gasteiger partial charge on any atom is -0.458 e. The van der Waals surface area contributed by atoms with Gasteiger partial charge in [-0.05, 0) is 86.3 Å². The Balaban J connectivity index is 2.63. The number of hydrogen-bond donors (Lipinski definition) is 2. The Hall–Kier alpha value is -3.88. The van der Waals surface area contributed by atoms with E-state index in [-0.39, 0.29) is 12.3 Å². The van der Waals surface area contributed by atoms with Crippen molar-refractivity contribution in [3.8, 4) is 0 Å². The van der Waals surface area contributed by atoms with Gasteiger partial charge in [0.25, 0.3) is 0 Å². The lowest BCUT2D eigenvalue weighted by molar-refractivity contribution is -0.159. The molecule has 0 aromatic heterocycles. The van der Waals surface area contributed by atoms with Crippen LogP contribution in [0.5, 0.6) is 0 Å². The van der Waals surface area contributed by atoms with E-state index in [1.165, 1.54) is 4.90 Å². The second-order valence-corrected chi connectivity index (χ2v) is 14.8. The average molecular weight is 624 g/mol. The number of carbonyl (C=O) groups is 4. The van der Waals surface area contributed by atoms with Crippen molar-refractivity contribution in [1.29, 1.82) is 0 Å². The number of aryl methyl sites for hydroxylation is 1. The predicted molar refractivity (Wildman–Crippen MR) is 176 cm³/mol. The third kappa shape index (κ3) is 11.9. The highest BCUT2D eigenvalue weighted by atomic mass is 16.6. The Bertz CT molecular complexity index is 1300. The summed E-state index contributed by atoms with van der Waals surface area (Å²) in [6.45, 7) is 21.6. The van der Waals surface area contributed by atoms with Crippen LogP contribution in [-0.4, -0.2) is 57.6 Å². The van der Waals surface area contributed by atoms with Crippen LogP contribution in [0, 0.1) is 12.8 Å². The summed E-state index contributed by atoms with van der Waals surface area (Å²) in [5, 5.41) is 5.67. The molecule has 0 saturated carbocycles. The highest BCUT2D eigenvalue weighted by molar-refractivity contribution is 5.94. The molecule has 3 unspecified atom stereocenters. The van der Waals surface area contributed by atoms with E-state index < -0.39 is 58.7 Å². The fraction of sp³-hybridized carbons (Fsp3) is 0.556. The summed E-state index contributed by atoms with van der Waals surface area (Å²) in [7, 11) is 0. The maximum atomic E-state index is 14.5. The van der Waals surface area contributed by atoms with Gasteiger partial charge in [-0.3, -0.25) is 9.59 Å². The molecule has 3 amide bonds. The minimum atomic E-state index is -1.14. The fourth-order valence-corrected chi connectivity index (χ4v) is 4.78. The van der Waals surface area contributed by atoms with Crippen LogP contribution >= 0.6 is 0 Å². The van der Waals surface area contributed by atoms with E-state index in [0.29, 0.717) is 5.56 Å². The van der Waals surface area contributed by atoms with Crippen LogP contribution in [0.15, 0.2) is 54.6 Å². The molecule has 45 heavy (non-hydrogen) atoms. The molecule has 2 aromatic rings. The van der Waals surface area contributed by atoms with Crippen molar-refractivity contribution in [3.63, 3.8) is 0 Å². The van der Waals surface area contributed by atoms with E-state index in [2.05, 4.69) is 10.6 Å². The number of alkyl carbamates (subject to hydrolysis) is 1. The Kier molecular flexibility index (Phi) is 12.4. The summed E-state index contributed by atoms with van der Waals surface area (Å²) in [4.78, 5) is 56.8. The maximum absolute atomic E-state index is 14.5. The van der Waals surface area contributed by atoms with Crippen LogP contribution in [0.1, 0.15) is 98.9 Å². The lowest BCUT2D eigenvalue weighted by Gasteiger charge is -2.44. The molecule has 3 atom stereocenters. The van der Waals surface area contributed by atoms with E-state index in [1.54, 1.807) is 53.7 Å². The van der Waals surface area contributed by atoms with Crippen molar-refractivity contribution in [2.24, 2.45) is 5.92 Å². The molecule has 0 fully saturated rings. The lowest BCUT2D eigenvalue weighted by atomic mass is 9.92. The summed E-state index contributed by atoms with van der Waals surface area (Å²) in [6, 6.07) is 13.5. The normalized spacial score (nSPS) is 14.2. The van der Waals surface area contributed by atoms with Gasteiger partial charge in [-0.1, -0.05) is 74.0 Å². The molecule has 0 saturated heterocycles. The maximum Gasteiger partial charge on any atom is 0.408 e. The van der Waals surface area contributed by atoms with Crippen LogP contribution < -0.4 is 10.6 Å². The van der Waals surface area contributed by atoms with Gasteiger partial charge in [0.2, 0.25) is 11.8 Å². The van der Waals surface area contributed by atoms with Crippen molar-refractivity contribution in [2.45, 2.75) is 124 Å². The molecule has 0 aliphatic heterocycles. The Morgan fingerprint density at radius 2 is 1.29 bits per heavy atom. The summed E-state index contributed by atoms with van der Waals surface area (Å²) in [5.74, 6) is -1.92. The second-order valence-electron chi connectivity index (χ2n) is 14.8. The Labute approximate surface area is 269 Å². The summed E-state index contributed by atoms with van der Waals surface area (Å²) in [6.07, 6.45) is -0.534. The molecule has 2 N–H and O–H groups in total. The standard InChI is InChI=1S/C36H53N3O6/c1-23(2)28(38-33(43)45-36(10,11)12)31(41)39(34(4,5)6)29(26-20-18-24(3)19-21-26)30(40)37-27(32(42)44-35(7,8)9)22-25-16-14-13-15-17-25/h13-21,23,27-29H,22H2,1-12H3,(H,37,40)(H,38,43). The number of ether oxygens (including phenoxy) is 2. The van der Waals surface area contributed by atoms with Crippen molar-refractivity contribution in [2.75, 3.05) is 0 Å². The molecule has 9 heteroatoms. The van der Waals surface area contributed by atoms with E-state index in [9.17, 15) is 19.2 Å². The van der Waals surface area contributed by atoms with Gasteiger partial charge in [-0.15, -0.1) is 0 Å². The van der Waals surface area contributed by atoms with Crippen LogP contribution in [0.25, 0.3) is 0 Å². The smallest absolute Gasteiger partial charge is 0.408 e. The van der Waals surface area contributed by atoms with Crippen molar-refractivity contribution in [1.82, 2.24) is 15.5 Å². The van der Waals surface area contributed by atoms with Gasteiger partial charge in [0.15, 0.2) is 0 Å². The first-order valence-electron chi connectivity index (χ1n) is 15.6. The SMILES string of the molecule is Cc1ccc(C(C(=O)NC(Cc2ccccc2)C(=O)OC(C)(C)C)N(C(=O)C(NC(=O)OC(C)(C)C)C(C)C)C(C)(C)C)cc1. The highest BCUT2D eigenvalue weighted by Gasteiger charge is 2.43. The third-order valence-electron chi connectivity index (χ3n) is 6.76. The van der Waals surface area contributed by atoms with Gasteiger partial charge < -0.3 is 25.0 Å². The van der Waals surface area contributed by atoms with Gasteiger partial charge in [0.05, 0.1) is 0 Å². The quantitative estimate of drug-likeness (QED) is 0.301. The van der Waals surface area contributed by atoms with Gasteiger partial charge in [-0.2, -0.15) is 0 Å². The topological polar surface area (TPSA) is 114 Å². The fourth-order valence-electron chi connectivity index (χ4n) is 4.78. The molecular weight excluding hydrogens is 570 g/mol. The van der Waals surface area contributed by atoms with Crippen LogP contribution in [-0.2, 0) is 30.3 Å². The van der Waals surface area contributed by atoms with Crippen LogP contribution in [0.2, 0.25) is 0 Å². The van der Waals surface area contributed by atoms with E-state index in [0.717, 1.165) is 11.1 Å². The summed E-state index contributed by atoms with van der Waals surface area (Å²) < 4.78 is 11.2. The van der Waals surface area contributed by atoms with E-state index >= 15 is 0 Å². The molecule has 0 aliphatic carbocycles. The predicted octanol–water partition coefficient (Wildman–Crippen LogP) is 6.28. The van der Waals surface area contributed by atoms with E-state index in [4.69, 9.17) is 9.47 Å². The first kappa shape index (κ1) is 37.3. The largest absolute Gasteiger partial charge is 0.458 e. The number of hydrogen-bond acceptors (Lipinski definition) is 6. The zero-order valence-electron chi connectivity index (χ0n) is 29.1. The number of amides is 3. The number of carbonyl (C=O) groups excluding carboxylic acids is 4. The van der Waals surface area contributed by atoms with Crippen LogP contribution in [0.3, 0.4) is 0 Å². The molecule has 0 radical (unpaired) electrons. The molecule has 0 heterocycles. The first-order valence-corrected chi connectivity index (χ1v) is 15.6. The number of nitrogens with one attached hydrogen (secondary N) is 2. The third-order valence-corrected chi connectivity index (χ3v) is 6.76. The number of esters is 1. The number of rotatable bonds is 10. The molecule has 0 spiro atoms. The molecule has 248 valence electrons. The van der Waals surface area contributed by atoms with Crippen molar-refractivity contribution < 1.29 is 28.7 Å². The van der Waals surface area contributed by atoms with Crippen molar-refractivity contribution in [3.05, 3.63) is 71.3 Å². The van der Waals surface area contributed by atoms with Gasteiger partial charge in [0, 0.05) is 12.0 Å². The minimum absolute atomic E-state index is 0.195. The van der Waals surface area contributed by atoms with Gasteiger partial charge in [0.1, 0.15) is 29.3 Å².